The van der Waals surface area contributed by atoms with Crippen LogP contribution in [0, 0.1) is 0 Å². The van der Waals surface area contributed by atoms with E-state index in [2.05, 4.69) is 5.32 Å². The Labute approximate surface area is 109 Å². The van der Waals surface area contributed by atoms with E-state index in [0.29, 0.717) is 6.54 Å². The first kappa shape index (κ1) is 12.6. The van der Waals surface area contributed by atoms with Crippen LogP contribution < -0.4 is 5.32 Å². The van der Waals surface area contributed by atoms with Crippen LogP contribution in [0.5, 0.6) is 0 Å². The summed E-state index contributed by atoms with van der Waals surface area (Å²) in [7, 11) is -2.38. The Balaban J connectivity index is 1.55. The predicted octanol–water partition coefficient (Wildman–Crippen LogP) is 1.21. The number of carbonyl (C=O) groups is 1. The number of nitrogens with one attached hydrogen (secondary N) is 1. The van der Waals surface area contributed by atoms with Crippen LogP contribution >= 0.6 is 0 Å². The van der Waals surface area contributed by atoms with Crippen molar-refractivity contribution in [2.75, 3.05) is 6.54 Å². The van der Waals surface area contributed by atoms with Gasteiger partial charge in [0.2, 0.25) is 5.91 Å². The lowest BCUT2D eigenvalue weighted by Gasteiger charge is -2.28. The lowest BCUT2D eigenvalue weighted by molar-refractivity contribution is -0.118. The molecule has 3 fully saturated rings. The zero-order chi connectivity index (χ0) is 12.6. The fraction of sp³-hybridized carbons (Fsp3) is 0.917. The quantitative estimate of drug-likeness (QED) is 0.617. The SMILES string of the molecule is CC(=O)NCCC[Si]12OC3CCCCC(O1)C3O2. The largest absolute Gasteiger partial charge is 0.502 e. The second kappa shape index (κ2) is 4.92. The molecule has 1 amide bonds. The van der Waals surface area contributed by atoms with E-state index in [-0.39, 0.29) is 24.2 Å². The van der Waals surface area contributed by atoms with Crippen molar-refractivity contribution in [2.45, 2.75) is 63.4 Å². The van der Waals surface area contributed by atoms with Crippen LogP contribution in [0.3, 0.4) is 0 Å². The highest BCUT2D eigenvalue weighted by molar-refractivity contribution is 6.62. The van der Waals surface area contributed by atoms with Gasteiger partial charge in [-0.2, -0.15) is 0 Å². The Morgan fingerprint density at radius 2 is 1.89 bits per heavy atom. The Bertz CT molecular complexity index is 317. The highest BCUT2D eigenvalue weighted by Gasteiger charge is 2.63. The van der Waals surface area contributed by atoms with Crippen molar-refractivity contribution in [3.05, 3.63) is 0 Å². The third-order valence-corrected chi connectivity index (χ3v) is 6.89. The second-order valence-corrected chi connectivity index (χ2v) is 8.02. The van der Waals surface area contributed by atoms with Gasteiger partial charge in [0.1, 0.15) is 0 Å². The minimum Gasteiger partial charge on any atom is -0.368 e. The molecule has 2 saturated heterocycles. The molecule has 2 heterocycles. The van der Waals surface area contributed by atoms with Crippen LogP contribution in [-0.4, -0.2) is 39.6 Å². The summed E-state index contributed by atoms with van der Waals surface area (Å²) in [5.74, 6) is 0.0151. The lowest BCUT2D eigenvalue weighted by Crippen LogP contribution is -2.45. The van der Waals surface area contributed by atoms with E-state index < -0.39 is 8.80 Å². The molecule has 18 heavy (non-hydrogen) atoms. The van der Waals surface area contributed by atoms with Gasteiger partial charge in [-0.1, -0.05) is 12.8 Å². The zero-order valence-electron chi connectivity index (χ0n) is 10.8. The van der Waals surface area contributed by atoms with Gasteiger partial charge in [0.25, 0.3) is 0 Å². The van der Waals surface area contributed by atoms with E-state index in [1.165, 1.54) is 19.8 Å². The highest BCUT2D eigenvalue weighted by atomic mass is 28.4. The standard InChI is InChI=1S/C12H21NO4Si/c1-9(14)13-7-4-8-18-15-10-5-2-3-6-11(16-18)12(10)17-18/h10-12H,2-8H2,1H3,(H,13,14). The minimum absolute atomic E-state index is 0.0151. The van der Waals surface area contributed by atoms with Crippen molar-refractivity contribution >= 4 is 14.7 Å². The monoisotopic (exact) mass is 271 g/mol. The van der Waals surface area contributed by atoms with Gasteiger partial charge in [-0.15, -0.1) is 0 Å². The van der Waals surface area contributed by atoms with Gasteiger partial charge >= 0.3 is 8.80 Å². The van der Waals surface area contributed by atoms with Gasteiger partial charge in [0, 0.05) is 19.5 Å². The molecule has 0 aromatic carbocycles. The van der Waals surface area contributed by atoms with E-state index in [4.69, 9.17) is 13.3 Å². The number of hydrogen-bond donors (Lipinski definition) is 1. The molecule has 3 rings (SSSR count). The molecule has 0 aromatic heterocycles. The predicted molar refractivity (Wildman–Crippen MR) is 66.9 cm³/mol. The fourth-order valence-corrected chi connectivity index (χ4v) is 6.44. The van der Waals surface area contributed by atoms with Crippen LogP contribution in [0.1, 0.15) is 39.0 Å². The average molecular weight is 271 g/mol. The van der Waals surface area contributed by atoms with Crippen molar-refractivity contribution in [3.63, 3.8) is 0 Å². The molecular formula is C12H21NO4Si. The highest BCUT2D eigenvalue weighted by Crippen LogP contribution is 2.45. The molecule has 2 bridgehead atoms. The summed E-state index contributed by atoms with van der Waals surface area (Å²) in [5.41, 5.74) is 0. The number of carbonyl (C=O) groups excluding carboxylic acids is 1. The molecule has 2 aliphatic heterocycles. The van der Waals surface area contributed by atoms with E-state index in [1.54, 1.807) is 0 Å². The van der Waals surface area contributed by atoms with E-state index in [1.807, 2.05) is 0 Å². The lowest BCUT2D eigenvalue weighted by atomic mass is 10.1. The van der Waals surface area contributed by atoms with Gasteiger partial charge < -0.3 is 18.6 Å². The molecule has 2 unspecified atom stereocenters. The minimum atomic E-state index is -2.38. The average Bonchev–Trinajstić information content (AvgIpc) is 2.83. The normalized spacial score (nSPS) is 41.7. The van der Waals surface area contributed by atoms with E-state index in [0.717, 1.165) is 25.3 Å². The molecule has 0 aromatic rings. The maximum absolute atomic E-state index is 10.8. The zero-order valence-corrected chi connectivity index (χ0v) is 11.8. The molecule has 102 valence electrons. The van der Waals surface area contributed by atoms with Gasteiger partial charge in [-0.05, 0) is 19.3 Å². The molecule has 2 atom stereocenters. The number of fused-ring (bicyclic) bond motifs is 1. The summed E-state index contributed by atoms with van der Waals surface area (Å²) in [6, 6.07) is 0.830. The van der Waals surface area contributed by atoms with Crippen LogP contribution in [0.2, 0.25) is 6.04 Å². The molecule has 0 radical (unpaired) electrons. The summed E-state index contributed by atoms with van der Waals surface area (Å²) in [6.07, 6.45) is 6.30. The maximum Gasteiger partial charge on any atom is 0.502 e. The van der Waals surface area contributed by atoms with Crippen molar-refractivity contribution < 1.29 is 18.1 Å². The third-order valence-electron chi connectivity index (χ3n) is 3.97. The molecule has 1 saturated carbocycles. The second-order valence-electron chi connectivity index (χ2n) is 5.45. The molecule has 1 aliphatic carbocycles. The Morgan fingerprint density at radius 3 is 2.50 bits per heavy atom. The summed E-state index contributed by atoms with van der Waals surface area (Å²) in [5, 5.41) is 2.80. The first-order valence-electron chi connectivity index (χ1n) is 6.96. The third kappa shape index (κ3) is 2.34. The summed E-state index contributed by atoms with van der Waals surface area (Å²) < 4.78 is 18.3. The van der Waals surface area contributed by atoms with Crippen molar-refractivity contribution in [2.24, 2.45) is 0 Å². The molecule has 5 nitrogen and oxygen atoms in total. The van der Waals surface area contributed by atoms with Crippen molar-refractivity contribution in [3.8, 4) is 0 Å². The Kier molecular flexibility index (Phi) is 3.44. The first-order chi connectivity index (χ1) is 8.69. The van der Waals surface area contributed by atoms with E-state index in [9.17, 15) is 4.79 Å². The maximum atomic E-state index is 10.8. The summed E-state index contributed by atoms with van der Waals surface area (Å²) in [6.45, 7) is 2.22. The Morgan fingerprint density at radius 1 is 1.22 bits per heavy atom. The van der Waals surface area contributed by atoms with Crippen molar-refractivity contribution in [1.82, 2.24) is 5.32 Å². The fourth-order valence-electron chi connectivity index (χ4n) is 3.16. The molecule has 3 aliphatic rings. The van der Waals surface area contributed by atoms with Gasteiger partial charge in [-0.3, -0.25) is 4.79 Å². The molecular weight excluding hydrogens is 250 g/mol. The number of amides is 1. The molecule has 1 N–H and O–H groups in total. The van der Waals surface area contributed by atoms with Gasteiger partial charge in [0.15, 0.2) is 0 Å². The van der Waals surface area contributed by atoms with Crippen LogP contribution in [0.4, 0.5) is 0 Å². The number of rotatable bonds is 4. The van der Waals surface area contributed by atoms with E-state index >= 15 is 0 Å². The summed E-state index contributed by atoms with van der Waals surface area (Å²) >= 11 is 0. The molecule has 0 spiro atoms. The Hall–Kier alpha value is -0.433. The van der Waals surface area contributed by atoms with Gasteiger partial charge in [-0.25, -0.2) is 0 Å². The van der Waals surface area contributed by atoms with Gasteiger partial charge in [0.05, 0.1) is 18.3 Å². The van der Waals surface area contributed by atoms with Crippen LogP contribution in [0.15, 0.2) is 0 Å². The summed E-state index contributed by atoms with van der Waals surface area (Å²) in [4.78, 5) is 10.8. The molecule has 6 heteroatoms. The van der Waals surface area contributed by atoms with Crippen LogP contribution in [-0.2, 0) is 18.1 Å². The topological polar surface area (TPSA) is 56.8 Å². The first-order valence-corrected chi connectivity index (χ1v) is 8.90. The van der Waals surface area contributed by atoms with Crippen LogP contribution in [0.25, 0.3) is 0 Å². The smallest absolute Gasteiger partial charge is 0.368 e. The van der Waals surface area contributed by atoms with Crippen molar-refractivity contribution in [1.29, 1.82) is 0 Å². The number of hydrogen-bond acceptors (Lipinski definition) is 4.